The molecule has 3 nitrogen and oxygen atoms in total. The third kappa shape index (κ3) is 2.09. The maximum Gasteiger partial charge on any atom is 0.256 e. The molecule has 0 bridgehead atoms. The predicted octanol–water partition coefficient (Wildman–Crippen LogP) is 2.98. The number of hydrogen-bond donors (Lipinski definition) is 1. The quantitative estimate of drug-likeness (QED) is 0.815. The van der Waals surface area contributed by atoms with Crippen LogP contribution in [-0.4, -0.2) is 22.9 Å². The summed E-state index contributed by atoms with van der Waals surface area (Å²) in [5, 5.41) is 0. The summed E-state index contributed by atoms with van der Waals surface area (Å²) in [6.45, 7) is 6.22. The first-order chi connectivity index (χ1) is 8.56. The van der Waals surface area contributed by atoms with Crippen molar-refractivity contribution in [3.63, 3.8) is 0 Å². The highest BCUT2D eigenvalue weighted by Gasteiger charge is 2.34. The van der Waals surface area contributed by atoms with E-state index in [1.807, 2.05) is 30.0 Å². The van der Waals surface area contributed by atoms with Crippen LogP contribution in [0.15, 0.2) is 18.2 Å². The molecule has 18 heavy (non-hydrogen) atoms. The van der Waals surface area contributed by atoms with Crippen LogP contribution in [0.3, 0.4) is 0 Å². The second-order valence-corrected chi connectivity index (χ2v) is 5.24. The highest BCUT2D eigenvalue weighted by Crippen LogP contribution is 2.30. The Labute approximate surface area is 109 Å². The molecule has 3 heteroatoms. The number of rotatable bonds is 2. The van der Waals surface area contributed by atoms with Crippen molar-refractivity contribution in [3.8, 4) is 0 Å². The first-order valence-corrected chi connectivity index (χ1v) is 6.74. The number of nitrogens with zero attached hydrogens (tertiary/aromatic N) is 1. The number of benzene rings is 1. The summed E-state index contributed by atoms with van der Waals surface area (Å²) in [7, 11) is 0. The molecule has 1 heterocycles. The Balaban J connectivity index is 2.36. The van der Waals surface area contributed by atoms with Crippen LogP contribution in [0.2, 0.25) is 0 Å². The van der Waals surface area contributed by atoms with E-state index in [4.69, 9.17) is 5.73 Å². The van der Waals surface area contributed by atoms with E-state index in [1.54, 1.807) is 0 Å². The molecule has 1 fully saturated rings. The minimum atomic E-state index is 0.0995. The van der Waals surface area contributed by atoms with E-state index in [1.165, 1.54) is 0 Å². The largest absolute Gasteiger partial charge is 0.398 e. The molecule has 1 saturated heterocycles. The molecule has 0 spiro atoms. The van der Waals surface area contributed by atoms with Crippen molar-refractivity contribution in [1.29, 1.82) is 0 Å². The third-order valence-electron chi connectivity index (χ3n) is 4.01. The summed E-state index contributed by atoms with van der Waals surface area (Å²) < 4.78 is 0. The fraction of sp³-hybridized carbons (Fsp3) is 0.533. The Morgan fingerprint density at radius 3 is 2.78 bits per heavy atom. The maximum atomic E-state index is 12.7. The Bertz CT molecular complexity index is 436. The van der Waals surface area contributed by atoms with E-state index in [2.05, 4.69) is 13.8 Å². The van der Waals surface area contributed by atoms with Gasteiger partial charge in [0.1, 0.15) is 0 Å². The van der Waals surface area contributed by atoms with Crippen LogP contribution in [-0.2, 0) is 0 Å². The number of anilines is 1. The van der Waals surface area contributed by atoms with E-state index in [9.17, 15) is 4.79 Å². The van der Waals surface area contributed by atoms with Crippen LogP contribution >= 0.6 is 0 Å². The van der Waals surface area contributed by atoms with Gasteiger partial charge in [0.05, 0.1) is 5.56 Å². The minimum Gasteiger partial charge on any atom is -0.398 e. The van der Waals surface area contributed by atoms with Gasteiger partial charge in [0.15, 0.2) is 0 Å². The molecule has 1 aromatic rings. The van der Waals surface area contributed by atoms with Gasteiger partial charge >= 0.3 is 0 Å². The van der Waals surface area contributed by atoms with Gasteiger partial charge in [-0.25, -0.2) is 0 Å². The second kappa shape index (κ2) is 5.01. The highest BCUT2D eigenvalue weighted by molar-refractivity contribution is 6.01. The first kappa shape index (κ1) is 12.9. The topological polar surface area (TPSA) is 46.3 Å². The molecule has 98 valence electrons. The Hall–Kier alpha value is -1.51. The molecule has 1 aromatic carbocycles. The van der Waals surface area contributed by atoms with Crippen LogP contribution in [0.1, 0.15) is 49.0 Å². The molecule has 0 saturated carbocycles. The van der Waals surface area contributed by atoms with Crippen LogP contribution in [0.5, 0.6) is 0 Å². The molecule has 1 amide bonds. The highest BCUT2D eigenvalue weighted by atomic mass is 16.2. The number of carbonyl (C=O) groups excluding carboxylic acids is 1. The molecule has 1 aliphatic heterocycles. The minimum absolute atomic E-state index is 0.0995. The van der Waals surface area contributed by atoms with Gasteiger partial charge in [0, 0.05) is 17.8 Å². The van der Waals surface area contributed by atoms with Gasteiger partial charge in [-0.1, -0.05) is 19.1 Å². The van der Waals surface area contributed by atoms with Crippen molar-refractivity contribution < 1.29 is 4.79 Å². The lowest BCUT2D eigenvalue weighted by Crippen LogP contribution is -2.40. The van der Waals surface area contributed by atoms with E-state index < -0.39 is 0 Å². The van der Waals surface area contributed by atoms with Crippen molar-refractivity contribution >= 4 is 11.6 Å². The van der Waals surface area contributed by atoms with E-state index in [0.717, 1.165) is 24.8 Å². The van der Waals surface area contributed by atoms with Gasteiger partial charge in [-0.05, 0) is 44.7 Å². The summed E-state index contributed by atoms with van der Waals surface area (Å²) in [5.41, 5.74) is 8.22. The number of nitrogens with two attached hydrogens (primary N) is 1. The fourth-order valence-corrected chi connectivity index (χ4v) is 2.95. The molecule has 0 aliphatic carbocycles. The standard InChI is InChI=1S/C15H22N2O/c1-4-12-9-8-11(3)17(12)15(18)14-10(2)6-5-7-13(14)16/h5-7,11-12H,4,8-9,16H2,1-3H3. The summed E-state index contributed by atoms with van der Waals surface area (Å²) in [4.78, 5) is 14.7. The van der Waals surface area contributed by atoms with E-state index in [0.29, 0.717) is 23.3 Å². The molecule has 2 unspecified atom stereocenters. The van der Waals surface area contributed by atoms with Gasteiger partial charge in [-0.2, -0.15) is 0 Å². The summed E-state index contributed by atoms with van der Waals surface area (Å²) >= 11 is 0. The molecule has 1 aliphatic rings. The van der Waals surface area contributed by atoms with Gasteiger partial charge in [0.25, 0.3) is 5.91 Å². The number of carbonyl (C=O) groups is 1. The zero-order valence-corrected chi connectivity index (χ0v) is 11.4. The smallest absolute Gasteiger partial charge is 0.256 e. The number of amides is 1. The van der Waals surface area contributed by atoms with E-state index in [-0.39, 0.29) is 5.91 Å². The Morgan fingerprint density at radius 1 is 1.44 bits per heavy atom. The predicted molar refractivity (Wildman–Crippen MR) is 74.5 cm³/mol. The monoisotopic (exact) mass is 246 g/mol. The molecule has 2 N–H and O–H groups in total. The Morgan fingerprint density at radius 2 is 2.17 bits per heavy atom. The maximum absolute atomic E-state index is 12.7. The average molecular weight is 246 g/mol. The molecule has 2 rings (SSSR count). The van der Waals surface area contributed by atoms with Crippen molar-refractivity contribution in [2.75, 3.05) is 5.73 Å². The lowest BCUT2D eigenvalue weighted by atomic mass is 10.0. The Kier molecular flexibility index (Phi) is 3.60. The third-order valence-corrected chi connectivity index (χ3v) is 4.01. The molecule has 2 atom stereocenters. The number of likely N-dealkylation sites (tertiary alicyclic amines) is 1. The number of hydrogen-bond acceptors (Lipinski definition) is 2. The lowest BCUT2D eigenvalue weighted by molar-refractivity contribution is 0.0677. The van der Waals surface area contributed by atoms with E-state index >= 15 is 0 Å². The summed E-state index contributed by atoms with van der Waals surface area (Å²) in [6, 6.07) is 6.34. The van der Waals surface area contributed by atoms with Crippen LogP contribution in [0.25, 0.3) is 0 Å². The molecule has 0 radical (unpaired) electrons. The summed E-state index contributed by atoms with van der Waals surface area (Å²) in [5.74, 6) is 0.0995. The zero-order valence-electron chi connectivity index (χ0n) is 11.4. The van der Waals surface area contributed by atoms with Crippen LogP contribution in [0.4, 0.5) is 5.69 Å². The molecular formula is C15H22N2O. The molecule has 0 aromatic heterocycles. The molecular weight excluding hydrogens is 224 g/mol. The van der Waals surface area contributed by atoms with Crippen LogP contribution in [0, 0.1) is 6.92 Å². The number of aryl methyl sites for hydroxylation is 1. The zero-order chi connectivity index (χ0) is 13.3. The van der Waals surface area contributed by atoms with Crippen molar-refractivity contribution in [3.05, 3.63) is 29.3 Å². The summed E-state index contributed by atoms with van der Waals surface area (Å²) in [6.07, 6.45) is 3.22. The van der Waals surface area contributed by atoms with Crippen LogP contribution < -0.4 is 5.73 Å². The van der Waals surface area contributed by atoms with Crippen molar-refractivity contribution in [2.45, 2.75) is 52.1 Å². The SMILES string of the molecule is CCC1CCC(C)N1C(=O)c1c(C)cccc1N. The van der Waals surface area contributed by atoms with Gasteiger partial charge in [-0.3, -0.25) is 4.79 Å². The fourth-order valence-electron chi connectivity index (χ4n) is 2.95. The normalized spacial score (nSPS) is 23.4. The van der Waals surface area contributed by atoms with Gasteiger partial charge < -0.3 is 10.6 Å². The first-order valence-electron chi connectivity index (χ1n) is 6.74. The number of nitrogen functional groups attached to an aromatic ring is 1. The van der Waals surface area contributed by atoms with Crippen molar-refractivity contribution in [1.82, 2.24) is 4.90 Å². The van der Waals surface area contributed by atoms with Gasteiger partial charge in [-0.15, -0.1) is 0 Å². The van der Waals surface area contributed by atoms with Gasteiger partial charge in [0.2, 0.25) is 0 Å². The second-order valence-electron chi connectivity index (χ2n) is 5.24. The lowest BCUT2D eigenvalue weighted by Gasteiger charge is -2.29. The van der Waals surface area contributed by atoms with Crippen molar-refractivity contribution in [2.24, 2.45) is 0 Å². The average Bonchev–Trinajstić information content (AvgIpc) is 2.70.